The van der Waals surface area contributed by atoms with Crippen molar-refractivity contribution in [1.29, 1.82) is 0 Å². The second kappa shape index (κ2) is 6.89. The molecular weight excluding hydrogens is 246 g/mol. The van der Waals surface area contributed by atoms with Crippen LogP contribution in [0, 0.1) is 0 Å². The monoisotopic (exact) mass is 269 g/mol. The smallest absolute Gasteiger partial charge is 0.332 e. The first-order valence-electron chi connectivity index (χ1n) is 7.35. The van der Waals surface area contributed by atoms with Gasteiger partial charge in [-0.3, -0.25) is 4.79 Å². The van der Waals surface area contributed by atoms with Gasteiger partial charge in [0, 0.05) is 6.04 Å². The molecule has 0 aromatic rings. The molecule has 1 saturated heterocycles. The lowest BCUT2D eigenvalue weighted by molar-refractivity contribution is -0.151. The molecule has 0 aromatic carbocycles. The number of hydrogen-bond acceptors (Lipinski definition) is 3. The Labute approximate surface area is 113 Å². The van der Waals surface area contributed by atoms with Gasteiger partial charge in [0.1, 0.15) is 6.10 Å². The zero-order chi connectivity index (χ0) is 13.7. The van der Waals surface area contributed by atoms with Crippen LogP contribution in [0.2, 0.25) is 0 Å². The molecule has 0 bridgehead atoms. The van der Waals surface area contributed by atoms with Gasteiger partial charge >= 0.3 is 5.97 Å². The van der Waals surface area contributed by atoms with E-state index in [1.54, 1.807) is 0 Å². The molecule has 1 amide bonds. The van der Waals surface area contributed by atoms with Crippen LogP contribution in [-0.4, -0.2) is 35.2 Å². The van der Waals surface area contributed by atoms with Gasteiger partial charge in [-0.1, -0.05) is 32.1 Å². The van der Waals surface area contributed by atoms with E-state index >= 15 is 0 Å². The van der Waals surface area contributed by atoms with Crippen molar-refractivity contribution in [3.8, 4) is 0 Å². The number of amides is 1. The maximum atomic E-state index is 12.1. The van der Waals surface area contributed by atoms with E-state index in [4.69, 9.17) is 9.84 Å². The Balaban J connectivity index is 1.78. The lowest BCUT2D eigenvalue weighted by Crippen LogP contribution is -2.42. The van der Waals surface area contributed by atoms with Crippen molar-refractivity contribution >= 4 is 11.9 Å². The third-order valence-electron chi connectivity index (χ3n) is 4.04. The van der Waals surface area contributed by atoms with Gasteiger partial charge in [-0.15, -0.1) is 0 Å². The van der Waals surface area contributed by atoms with Crippen LogP contribution in [0.3, 0.4) is 0 Å². The second-order valence-corrected chi connectivity index (χ2v) is 5.58. The van der Waals surface area contributed by atoms with Crippen molar-refractivity contribution in [3.05, 3.63) is 0 Å². The van der Waals surface area contributed by atoms with Crippen molar-refractivity contribution in [2.75, 3.05) is 0 Å². The van der Waals surface area contributed by atoms with Gasteiger partial charge in [0.2, 0.25) is 5.91 Å². The molecule has 2 N–H and O–H groups in total. The van der Waals surface area contributed by atoms with Gasteiger partial charge in [0.05, 0.1) is 0 Å². The molecule has 2 rings (SSSR count). The molecule has 1 heterocycles. The number of carboxylic acid groups (broad SMARTS) is 1. The fraction of sp³-hybridized carbons (Fsp3) is 0.857. The van der Waals surface area contributed by atoms with Gasteiger partial charge in [-0.05, 0) is 25.7 Å². The van der Waals surface area contributed by atoms with Gasteiger partial charge in [-0.25, -0.2) is 4.79 Å². The van der Waals surface area contributed by atoms with E-state index in [-0.39, 0.29) is 11.9 Å². The molecule has 1 aliphatic heterocycles. The van der Waals surface area contributed by atoms with E-state index in [2.05, 4.69) is 5.32 Å². The maximum Gasteiger partial charge on any atom is 0.332 e. The van der Waals surface area contributed by atoms with Gasteiger partial charge < -0.3 is 15.2 Å². The predicted octanol–water partition coefficient (Wildman–Crippen LogP) is 1.85. The lowest BCUT2D eigenvalue weighted by atomic mass is 9.96. The maximum absolute atomic E-state index is 12.1. The molecule has 5 nitrogen and oxygen atoms in total. The molecule has 1 saturated carbocycles. The fourth-order valence-electron chi connectivity index (χ4n) is 2.91. The van der Waals surface area contributed by atoms with E-state index in [0.717, 1.165) is 25.7 Å². The largest absolute Gasteiger partial charge is 0.479 e. The Kier molecular flexibility index (Phi) is 5.19. The van der Waals surface area contributed by atoms with E-state index < -0.39 is 18.2 Å². The lowest BCUT2D eigenvalue weighted by Gasteiger charge is -2.22. The summed E-state index contributed by atoms with van der Waals surface area (Å²) < 4.78 is 5.27. The summed E-state index contributed by atoms with van der Waals surface area (Å²) in [5.41, 5.74) is 0. The number of nitrogens with one attached hydrogen (secondary N) is 1. The van der Waals surface area contributed by atoms with Crippen molar-refractivity contribution in [3.63, 3.8) is 0 Å². The number of rotatable bonds is 3. The Morgan fingerprint density at radius 3 is 2.05 bits per heavy atom. The van der Waals surface area contributed by atoms with E-state index in [9.17, 15) is 9.59 Å². The van der Waals surface area contributed by atoms with Crippen LogP contribution in [0.1, 0.15) is 57.8 Å². The number of carboxylic acids is 1. The molecule has 0 radical (unpaired) electrons. The molecule has 1 aliphatic carbocycles. The average molecular weight is 269 g/mol. The SMILES string of the molecule is O=C(O)C1CCC(C(=O)NC2CCCCCCC2)O1. The molecule has 2 unspecified atom stereocenters. The highest BCUT2D eigenvalue weighted by molar-refractivity contribution is 5.82. The molecule has 0 spiro atoms. The Bertz CT molecular complexity index is 323. The summed E-state index contributed by atoms with van der Waals surface area (Å²) in [5, 5.41) is 11.9. The first kappa shape index (κ1) is 14.3. The molecule has 108 valence electrons. The topological polar surface area (TPSA) is 75.6 Å². The fourth-order valence-corrected chi connectivity index (χ4v) is 2.91. The number of ether oxygens (including phenoxy) is 1. The number of carbonyl (C=O) groups excluding carboxylic acids is 1. The average Bonchev–Trinajstić information content (AvgIpc) is 2.82. The highest BCUT2D eigenvalue weighted by Gasteiger charge is 2.35. The van der Waals surface area contributed by atoms with Gasteiger partial charge in [0.25, 0.3) is 0 Å². The summed E-state index contributed by atoms with van der Waals surface area (Å²) >= 11 is 0. The Morgan fingerprint density at radius 2 is 1.47 bits per heavy atom. The highest BCUT2D eigenvalue weighted by Crippen LogP contribution is 2.21. The minimum atomic E-state index is -0.971. The molecule has 0 aromatic heterocycles. The van der Waals surface area contributed by atoms with Crippen LogP contribution in [0.25, 0.3) is 0 Å². The second-order valence-electron chi connectivity index (χ2n) is 5.58. The van der Waals surface area contributed by atoms with Crippen LogP contribution in [0.5, 0.6) is 0 Å². The third kappa shape index (κ3) is 4.20. The van der Waals surface area contributed by atoms with Gasteiger partial charge in [-0.2, -0.15) is 0 Å². The van der Waals surface area contributed by atoms with Crippen molar-refractivity contribution < 1.29 is 19.4 Å². The minimum absolute atomic E-state index is 0.130. The first-order chi connectivity index (χ1) is 9.16. The van der Waals surface area contributed by atoms with Crippen LogP contribution in [0.4, 0.5) is 0 Å². The standard InChI is InChI=1S/C14H23NO4/c16-13(11-8-9-12(19-11)14(17)18)15-10-6-4-2-1-3-5-7-10/h10-12H,1-9H2,(H,15,16)(H,17,18). The summed E-state index contributed by atoms with van der Waals surface area (Å²) in [7, 11) is 0. The van der Waals surface area contributed by atoms with Gasteiger partial charge in [0.15, 0.2) is 6.10 Å². The van der Waals surface area contributed by atoms with Crippen LogP contribution >= 0.6 is 0 Å². The number of aliphatic carboxylic acids is 1. The van der Waals surface area contributed by atoms with Crippen LogP contribution < -0.4 is 5.32 Å². The van der Waals surface area contributed by atoms with Crippen molar-refractivity contribution in [1.82, 2.24) is 5.32 Å². The normalized spacial score (nSPS) is 29.5. The highest BCUT2D eigenvalue weighted by atomic mass is 16.5. The Morgan fingerprint density at radius 1 is 0.895 bits per heavy atom. The zero-order valence-electron chi connectivity index (χ0n) is 11.3. The summed E-state index contributed by atoms with van der Waals surface area (Å²) in [6.07, 6.45) is 7.71. The quantitative estimate of drug-likeness (QED) is 0.820. The molecule has 2 aliphatic rings. The van der Waals surface area contributed by atoms with Crippen molar-refractivity contribution in [2.45, 2.75) is 76.0 Å². The first-order valence-corrected chi connectivity index (χ1v) is 7.35. The van der Waals surface area contributed by atoms with E-state index in [1.807, 2.05) is 0 Å². The summed E-state index contributed by atoms with van der Waals surface area (Å²) in [6, 6.07) is 0.236. The van der Waals surface area contributed by atoms with Crippen LogP contribution in [-0.2, 0) is 14.3 Å². The summed E-state index contributed by atoms with van der Waals surface area (Å²) in [5.74, 6) is -1.10. The number of carbonyl (C=O) groups is 2. The predicted molar refractivity (Wildman–Crippen MR) is 69.8 cm³/mol. The third-order valence-corrected chi connectivity index (χ3v) is 4.04. The van der Waals surface area contributed by atoms with E-state index in [1.165, 1.54) is 19.3 Å². The van der Waals surface area contributed by atoms with E-state index in [0.29, 0.717) is 12.8 Å². The summed E-state index contributed by atoms with van der Waals surface area (Å²) in [6.45, 7) is 0. The molecule has 5 heteroatoms. The molecule has 19 heavy (non-hydrogen) atoms. The zero-order valence-corrected chi connectivity index (χ0v) is 11.3. The molecule has 2 atom stereocenters. The number of hydrogen-bond donors (Lipinski definition) is 2. The Hall–Kier alpha value is -1.10. The molecule has 2 fully saturated rings. The minimum Gasteiger partial charge on any atom is -0.479 e. The van der Waals surface area contributed by atoms with Crippen LogP contribution in [0.15, 0.2) is 0 Å². The van der Waals surface area contributed by atoms with Crippen molar-refractivity contribution in [2.24, 2.45) is 0 Å². The molecular formula is C14H23NO4. The summed E-state index contributed by atoms with van der Waals surface area (Å²) in [4.78, 5) is 22.8.